The van der Waals surface area contributed by atoms with Crippen LogP contribution in [-0.2, 0) is 4.79 Å². The number of carbonyl (C=O) groups is 1. The Morgan fingerprint density at radius 3 is 1.82 bits per heavy atom. The summed E-state index contributed by atoms with van der Waals surface area (Å²) in [4.78, 5) is 18.3. The minimum absolute atomic E-state index is 0. The molecule has 0 aliphatic rings. The van der Waals surface area contributed by atoms with E-state index in [1.807, 2.05) is 0 Å². The number of hydrogen-bond donors (Lipinski definition) is 0. The summed E-state index contributed by atoms with van der Waals surface area (Å²) in [7, 11) is 0. The SMILES string of the molecule is CC(C)(C)CCCCCC(=O)[O-].O=[N+]([O-])[O-].[Nd]. The molecule has 0 heterocycles. The van der Waals surface area contributed by atoms with E-state index in [4.69, 9.17) is 15.3 Å². The molecule has 0 saturated carbocycles. The summed E-state index contributed by atoms with van der Waals surface area (Å²) in [5.41, 5.74) is 0.376. The Balaban J connectivity index is -0.000000340. The quantitative estimate of drug-likeness (QED) is 0.410. The number of carboxylic acid groups (broad SMARTS) is 1. The van der Waals surface area contributed by atoms with Gasteiger partial charge in [-0.05, 0) is 24.7 Å². The van der Waals surface area contributed by atoms with E-state index in [9.17, 15) is 9.90 Å². The van der Waals surface area contributed by atoms with Crippen molar-refractivity contribution in [1.82, 2.24) is 0 Å². The van der Waals surface area contributed by atoms with Crippen LogP contribution < -0.4 is 5.11 Å². The fourth-order valence-electron chi connectivity index (χ4n) is 1.10. The molecule has 0 rings (SSSR count). The predicted octanol–water partition coefficient (Wildman–Crippen LogP) is 1.49. The van der Waals surface area contributed by atoms with Crippen LogP contribution >= 0.6 is 0 Å². The van der Waals surface area contributed by atoms with Gasteiger partial charge in [0, 0.05) is 46.8 Å². The van der Waals surface area contributed by atoms with Gasteiger partial charge in [-0.3, -0.25) is 0 Å². The Hall–Kier alpha value is 0.0206. The Kier molecular flexibility index (Phi) is 16.3. The third kappa shape index (κ3) is 38.7. The van der Waals surface area contributed by atoms with Crippen molar-refractivity contribution in [1.29, 1.82) is 0 Å². The first-order valence-corrected chi connectivity index (χ1v) is 5.16. The normalized spacial score (nSPS) is 9.59. The van der Waals surface area contributed by atoms with Crippen LogP contribution in [0.5, 0.6) is 0 Å². The molecule has 100 valence electrons. The zero-order chi connectivity index (χ0) is 13.2. The van der Waals surface area contributed by atoms with Crippen molar-refractivity contribution in [3.63, 3.8) is 0 Å². The Morgan fingerprint density at radius 2 is 1.53 bits per heavy atom. The van der Waals surface area contributed by atoms with Crippen LogP contribution in [0.25, 0.3) is 0 Å². The summed E-state index contributed by atoms with van der Waals surface area (Å²) in [6.07, 6.45) is 4.27. The summed E-state index contributed by atoms with van der Waals surface area (Å²) in [5, 5.41) is 24.8. The number of nitrogens with zero attached hydrogens (tertiary/aromatic N) is 1. The summed E-state index contributed by atoms with van der Waals surface area (Å²) < 4.78 is 0. The molecule has 0 aromatic rings. The van der Waals surface area contributed by atoms with Crippen molar-refractivity contribution in [2.75, 3.05) is 0 Å². The first-order valence-electron chi connectivity index (χ1n) is 5.16. The van der Waals surface area contributed by atoms with Crippen molar-refractivity contribution in [2.24, 2.45) is 5.41 Å². The van der Waals surface area contributed by atoms with E-state index in [1.54, 1.807) is 0 Å². The fraction of sp³-hybridized carbons (Fsp3) is 0.900. The number of aliphatic carboxylic acids is 1. The van der Waals surface area contributed by atoms with Crippen molar-refractivity contribution in [3.05, 3.63) is 15.3 Å². The maximum absolute atomic E-state index is 10.0. The minimum atomic E-state index is -1.75. The van der Waals surface area contributed by atoms with Gasteiger partial charge in [-0.15, -0.1) is 0 Å². The Bertz CT molecular complexity index is 211. The van der Waals surface area contributed by atoms with Gasteiger partial charge in [0.1, 0.15) is 0 Å². The van der Waals surface area contributed by atoms with E-state index >= 15 is 0 Å². The van der Waals surface area contributed by atoms with Gasteiger partial charge in [-0.2, -0.15) is 0 Å². The van der Waals surface area contributed by atoms with Crippen LogP contribution in [0, 0.1) is 61.6 Å². The van der Waals surface area contributed by atoms with Crippen LogP contribution in [0.3, 0.4) is 0 Å². The maximum Gasteiger partial charge on any atom is 0.0689 e. The molecule has 0 amide bonds. The first-order chi connectivity index (χ1) is 7.15. The van der Waals surface area contributed by atoms with Gasteiger partial charge in [0.2, 0.25) is 0 Å². The molecule has 6 nitrogen and oxygen atoms in total. The summed E-state index contributed by atoms with van der Waals surface area (Å²) in [6, 6.07) is 0. The van der Waals surface area contributed by atoms with Crippen molar-refractivity contribution in [3.8, 4) is 0 Å². The van der Waals surface area contributed by atoms with Crippen LogP contribution in [0.1, 0.15) is 52.9 Å². The number of rotatable bonds is 5. The number of unbranched alkanes of at least 4 members (excludes halogenated alkanes) is 2. The van der Waals surface area contributed by atoms with Gasteiger partial charge < -0.3 is 25.2 Å². The molecule has 0 N–H and O–H groups in total. The molecule has 0 unspecified atom stereocenters. The van der Waals surface area contributed by atoms with Crippen molar-refractivity contribution >= 4 is 5.97 Å². The molecule has 0 atom stereocenters. The average molecular weight is 378 g/mol. The molecule has 0 radical (unpaired) electrons. The van der Waals surface area contributed by atoms with Gasteiger partial charge in [0.05, 0.1) is 5.09 Å². The van der Waals surface area contributed by atoms with E-state index in [0.29, 0.717) is 5.41 Å². The molecule has 17 heavy (non-hydrogen) atoms. The second kappa shape index (κ2) is 12.5. The molecule has 0 aliphatic carbocycles. The molecule has 7 heteroatoms. The minimum Gasteiger partial charge on any atom is -0.550 e. The molecule has 0 aromatic heterocycles. The monoisotopic (exact) mass is 375 g/mol. The van der Waals surface area contributed by atoms with Crippen molar-refractivity contribution < 1.29 is 55.8 Å². The smallest absolute Gasteiger partial charge is 0.0689 e. The van der Waals surface area contributed by atoms with Crippen molar-refractivity contribution in [2.45, 2.75) is 52.9 Å². The predicted molar refractivity (Wildman–Crippen MR) is 57.9 cm³/mol. The van der Waals surface area contributed by atoms with E-state index in [2.05, 4.69) is 20.8 Å². The van der Waals surface area contributed by atoms with Crippen LogP contribution in [0.4, 0.5) is 0 Å². The third-order valence-corrected chi connectivity index (χ3v) is 1.81. The van der Waals surface area contributed by atoms with Crippen LogP contribution in [-0.4, -0.2) is 11.1 Å². The summed E-state index contributed by atoms with van der Waals surface area (Å²) >= 11 is 0. The fourth-order valence-corrected chi connectivity index (χ4v) is 1.10. The van der Waals surface area contributed by atoms with Gasteiger partial charge in [-0.1, -0.05) is 33.6 Å². The third-order valence-electron chi connectivity index (χ3n) is 1.81. The van der Waals surface area contributed by atoms with Gasteiger partial charge in [0.25, 0.3) is 0 Å². The average Bonchev–Trinajstić information content (AvgIpc) is 1.99. The van der Waals surface area contributed by atoms with Crippen LogP contribution in [0.15, 0.2) is 0 Å². The van der Waals surface area contributed by atoms with E-state index in [-0.39, 0.29) is 47.3 Å². The number of carbonyl (C=O) groups excluding carboxylic acids is 1. The molecular formula is C10H19NNdO5-2. The Labute approximate surface area is 134 Å². The maximum atomic E-state index is 10.0. The second-order valence-electron chi connectivity index (χ2n) is 4.72. The summed E-state index contributed by atoms with van der Waals surface area (Å²) in [5.74, 6) is -0.925. The molecule has 0 saturated heterocycles. The molecule has 0 fully saturated rings. The number of hydrogen-bond acceptors (Lipinski definition) is 5. The molecule has 0 aromatic carbocycles. The zero-order valence-electron chi connectivity index (χ0n) is 10.5. The largest absolute Gasteiger partial charge is 0.550 e. The van der Waals surface area contributed by atoms with Gasteiger partial charge in [-0.25, -0.2) is 0 Å². The topological polar surface area (TPSA) is 106 Å². The second-order valence-corrected chi connectivity index (χ2v) is 4.72. The van der Waals surface area contributed by atoms with Gasteiger partial charge >= 0.3 is 0 Å². The Morgan fingerprint density at radius 1 is 1.12 bits per heavy atom. The van der Waals surface area contributed by atoms with Crippen LogP contribution in [0.2, 0.25) is 0 Å². The van der Waals surface area contributed by atoms with E-state index in [1.165, 1.54) is 6.42 Å². The molecular weight excluding hydrogens is 358 g/mol. The molecule has 0 spiro atoms. The summed E-state index contributed by atoms with van der Waals surface area (Å²) in [6.45, 7) is 6.60. The van der Waals surface area contributed by atoms with E-state index in [0.717, 1.165) is 19.3 Å². The standard InChI is InChI=1S/C10H20O2.NO3.Nd/c1-10(2,3)8-6-4-5-7-9(11)12;2-1(3)4;/h4-8H2,1-3H3,(H,11,12);;/q;-1;/p-1. The molecule has 0 aliphatic heterocycles. The van der Waals surface area contributed by atoms with E-state index < -0.39 is 11.1 Å². The zero-order valence-corrected chi connectivity index (χ0v) is 13.7. The first kappa shape index (κ1) is 22.2. The molecule has 0 bridgehead atoms. The van der Waals surface area contributed by atoms with Gasteiger partial charge in [0.15, 0.2) is 0 Å². The number of carboxylic acids is 1.